The van der Waals surface area contributed by atoms with E-state index in [1.54, 1.807) is 17.7 Å². The standard InChI is InChI=1S/C17H14ClN7O5S2/c18-13-10(22-17(19)32-13)11(24-30)14(26)21-9-7-3-1-6(2-4-8-23-20-5-31-8)12(16(28)29)25(7)15(9)27/h2,4-5,7,9,30H,1,3H2,(H2,19,22)(H,21,26)(H,28,29)/b4-2-,24-11+/t7-,9+/m1/s1. The fourth-order valence-corrected chi connectivity index (χ4v) is 4.92. The molecule has 5 N–H and O–H groups in total. The third-order valence-corrected chi connectivity index (χ3v) is 6.65. The number of thiazole rings is 1. The molecule has 4 rings (SSSR count). The molecule has 2 amide bonds. The number of nitrogen functional groups attached to an aromatic ring is 1. The van der Waals surface area contributed by atoms with Crippen molar-refractivity contribution in [2.45, 2.75) is 24.9 Å². The number of nitrogens with zero attached hydrogens (tertiary/aromatic N) is 5. The molecule has 2 aromatic rings. The lowest BCUT2D eigenvalue weighted by molar-refractivity contribution is -0.155. The molecule has 0 spiro atoms. The number of carbonyl (C=O) groups excluding carboxylic acids is 2. The Morgan fingerprint density at radius 2 is 2.19 bits per heavy atom. The van der Waals surface area contributed by atoms with E-state index in [0.29, 0.717) is 23.4 Å². The molecule has 4 heterocycles. The van der Waals surface area contributed by atoms with Crippen molar-refractivity contribution in [3.05, 3.63) is 37.9 Å². The molecule has 0 unspecified atom stereocenters. The van der Waals surface area contributed by atoms with Gasteiger partial charge >= 0.3 is 5.97 Å². The van der Waals surface area contributed by atoms with Gasteiger partial charge in [-0.05, 0) is 24.5 Å². The molecular formula is C17H14ClN7O5S2. The minimum Gasteiger partial charge on any atom is -0.477 e. The van der Waals surface area contributed by atoms with Crippen molar-refractivity contribution in [3.8, 4) is 0 Å². The molecule has 2 aliphatic heterocycles. The molecule has 2 aliphatic rings. The summed E-state index contributed by atoms with van der Waals surface area (Å²) >= 11 is 8.15. The van der Waals surface area contributed by atoms with Crippen LogP contribution in [0.5, 0.6) is 0 Å². The highest BCUT2D eigenvalue weighted by Gasteiger charge is 2.53. The smallest absolute Gasteiger partial charge is 0.352 e. The Hall–Kier alpha value is -3.36. The van der Waals surface area contributed by atoms with E-state index in [4.69, 9.17) is 17.3 Å². The normalized spacial score (nSPS) is 21.0. The molecule has 0 saturated carbocycles. The minimum atomic E-state index is -1.26. The Labute approximate surface area is 192 Å². The van der Waals surface area contributed by atoms with E-state index in [2.05, 4.69) is 25.7 Å². The van der Waals surface area contributed by atoms with Gasteiger partial charge in [0.15, 0.2) is 10.8 Å². The molecule has 166 valence electrons. The Balaban J connectivity index is 1.53. The summed E-state index contributed by atoms with van der Waals surface area (Å²) in [6.45, 7) is 0. The SMILES string of the molecule is Nc1nc(/C(=N\O)C(=O)N[C@@H]2C(=O)N3C(C(=O)O)=C(/C=C\c4nncs4)CC[C@H]23)c(Cl)s1. The molecule has 1 saturated heterocycles. The van der Waals surface area contributed by atoms with Crippen molar-refractivity contribution in [2.24, 2.45) is 5.16 Å². The first-order valence-electron chi connectivity index (χ1n) is 9.00. The monoisotopic (exact) mass is 495 g/mol. The molecule has 32 heavy (non-hydrogen) atoms. The van der Waals surface area contributed by atoms with Crippen molar-refractivity contribution in [1.82, 2.24) is 25.4 Å². The number of hydrogen-bond donors (Lipinski definition) is 4. The van der Waals surface area contributed by atoms with Crippen LogP contribution in [0, 0.1) is 0 Å². The number of hydrogen-bond acceptors (Lipinski definition) is 11. The maximum atomic E-state index is 12.8. The highest BCUT2D eigenvalue weighted by atomic mass is 35.5. The molecule has 0 radical (unpaired) electrons. The van der Waals surface area contributed by atoms with Crippen LogP contribution in [-0.2, 0) is 14.4 Å². The molecule has 12 nitrogen and oxygen atoms in total. The van der Waals surface area contributed by atoms with Crippen molar-refractivity contribution >= 4 is 69.0 Å². The first-order chi connectivity index (χ1) is 15.3. The molecule has 1 fully saturated rings. The van der Waals surface area contributed by atoms with Crippen LogP contribution in [0.4, 0.5) is 5.13 Å². The number of carboxylic acid groups (broad SMARTS) is 1. The summed E-state index contributed by atoms with van der Waals surface area (Å²) < 4.78 is 0.0487. The summed E-state index contributed by atoms with van der Waals surface area (Å²) in [5, 5.41) is 32.6. The summed E-state index contributed by atoms with van der Waals surface area (Å²) in [6, 6.07) is -1.55. The summed E-state index contributed by atoms with van der Waals surface area (Å²) in [5.74, 6) is -2.74. The van der Waals surface area contributed by atoms with Crippen LogP contribution in [-0.4, -0.2) is 66.0 Å². The molecule has 2 aromatic heterocycles. The average Bonchev–Trinajstić information content (AvgIpc) is 3.39. The lowest BCUT2D eigenvalue weighted by Gasteiger charge is -2.50. The van der Waals surface area contributed by atoms with Crippen LogP contribution in [0.3, 0.4) is 0 Å². The Bertz CT molecular complexity index is 1190. The number of β-lactam (4-membered cyclic amide) rings is 1. The van der Waals surface area contributed by atoms with Gasteiger partial charge in [0.2, 0.25) is 0 Å². The quantitative estimate of drug-likeness (QED) is 0.196. The highest BCUT2D eigenvalue weighted by molar-refractivity contribution is 7.19. The number of allylic oxidation sites excluding steroid dienone is 2. The van der Waals surface area contributed by atoms with E-state index in [1.807, 2.05) is 0 Å². The van der Waals surface area contributed by atoms with E-state index in [0.717, 1.165) is 16.2 Å². The molecule has 0 aromatic carbocycles. The maximum absolute atomic E-state index is 12.8. The molecule has 2 atom stereocenters. The number of carbonyl (C=O) groups is 3. The number of rotatable bonds is 6. The van der Waals surface area contributed by atoms with Crippen LogP contribution in [0.2, 0.25) is 4.34 Å². The molecule has 0 aliphatic carbocycles. The molecular weight excluding hydrogens is 482 g/mol. The van der Waals surface area contributed by atoms with Gasteiger partial charge in [0.05, 0.1) is 6.04 Å². The van der Waals surface area contributed by atoms with E-state index >= 15 is 0 Å². The minimum absolute atomic E-state index is 0.0487. The highest BCUT2D eigenvalue weighted by Crippen LogP contribution is 2.37. The first-order valence-corrected chi connectivity index (χ1v) is 11.1. The van der Waals surface area contributed by atoms with Gasteiger partial charge in [-0.1, -0.05) is 34.2 Å². The Kier molecular flexibility index (Phi) is 5.90. The number of aromatic nitrogens is 3. The maximum Gasteiger partial charge on any atom is 0.352 e. The number of nitrogens with two attached hydrogens (primary N) is 1. The number of amides is 2. The third-order valence-electron chi connectivity index (χ3n) is 4.91. The zero-order valence-electron chi connectivity index (χ0n) is 15.9. The average molecular weight is 496 g/mol. The third kappa shape index (κ3) is 3.83. The lowest BCUT2D eigenvalue weighted by Crippen LogP contribution is -2.72. The van der Waals surface area contributed by atoms with Crippen LogP contribution < -0.4 is 11.1 Å². The van der Waals surface area contributed by atoms with Crippen molar-refractivity contribution in [1.29, 1.82) is 0 Å². The van der Waals surface area contributed by atoms with Crippen LogP contribution in [0.25, 0.3) is 6.08 Å². The molecule has 15 heteroatoms. The largest absolute Gasteiger partial charge is 0.477 e. The second-order valence-electron chi connectivity index (χ2n) is 6.68. The number of halogens is 1. The van der Waals surface area contributed by atoms with E-state index in [1.165, 1.54) is 11.3 Å². The van der Waals surface area contributed by atoms with Crippen molar-refractivity contribution < 1.29 is 24.7 Å². The zero-order valence-corrected chi connectivity index (χ0v) is 18.3. The van der Waals surface area contributed by atoms with Crippen LogP contribution in [0.15, 0.2) is 28.0 Å². The zero-order chi connectivity index (χ0) is 23.0. The van der Waals surface area contributed by atoms with Crippen molar-refractivity contribution in [2.75, 3.05) is 5.73 Å². The summed E-state index contributed by atoms with van der Waals surface area (Å²) in [6.07, 6.45) is 4.02. The Morgan fingerprint density at radius 1 is 1.41 bits per heavy atom. The van der Waals surface area contributed by atoms with Gasteiger partial charge in [-0.3, -0.25) is 14.5 Å². The predicted molar refractivity (Wildman–Crippen MR) is 115 cm³/mol. The van der Waals surface area contributed by atoms with E-state index < -0.39 is 35.6 Å². The summed E-state index contributed by atoms with van der Waals surface area (Å²) in [5.41, 5.74) is 6.80. The van der Waals surface area contributed by atoms with Gasteiger partial charge in [-0.15, -0.1) is 21.5 Å². The number of oxime groups is 1. The van der Waals surface area contributed by atoms with E-state index in [-0.39, 0.29) is 20.9 Å². The summed E-state index contributed by atoms with van der Waals surface area (Å²) in [4.78, 5) is 42.3. The first kappa shape index (κ1) is 21.9. The molecule has 0 bridgehead atoms. The van der Waals surface area contributed by atoms with Gasteiger partial charge in [0.25, 0.3) is 11.8 Å². The van der Waals surface area contributed by atoms with Gasteiger partial charge in [0.1, 0.15) is 32.3 Å². The van der Waals surface area contributed by atoms with Gasteiger partial charge in [-0.2, -0.15) is 0 Å². The second-order valence-corrected chi connectivity index (χ2v) is 9.18. The van der Waals surface area contributed by atoms with Crippen LogP contribution >= 0.6 is 34.3 Å². The fourth-order valence-electron chi connectivity index (χ4n) is 3.55. The number of aliphatic carboxylic acids is 1. The topological polar surface area (TPSA) is 184 Å². The number of nitrogens with one attached hydrogen (secondary N) is 1. The van der Waals surface area contributed by atoms with Gasteiger partial charge < -0.3 is 21.4 Å². The van der Waals surface area contributed by atoms with Crippen LogP contribution in [0.1, 0.15) is 23.5 Å². The summed E-state index contributed by atoms with van der Waals surface area (Å²) in [7, 11) is 0. The van der Waals surface area contributed by atoms with Crippen molar-refractivity contribution in [3.63, 3.8) is 0 Å². The second kappa shape index (κ2) is 8.64. The lowest BCUT2D eigenvalue weighted by atomic mass is 9.83. The Morgan fingerprint density at radius 3 is 2.78 bits per heavy atom. The predicted octanol–water partition coefficient (Wildman–Crippen LogP) is 0.950. The fraction of sp³-hybridized carbons (Fsp3) is 0.235. The van der Waals surface area contributed by atoms with Gasteiger partial charge in [-0.25, -0.2) is 9.78 Å². The van der Waals surface area contributed by atoms with Gasteiger partial charge in [0, 0.05) is 0 Å². The van der Waals surface area contributed by atoms with E-state index in [9.17, 15) is 24.7 Å². The number of fused-ring (bicyclic) bond motifs is 1. The number of carboxylic acids is 1. The number of anilines is 1.